The number of rotatable bonds is 2. The molecule has 0 N–H and O–H groups in total. The molecule has 0 spiro atoms. The zero-order valence-corrected chi connectivity index (χ0v) is 7.64. The van der Waals surface area contributed by atoms with Gasteiger partial charge in [0.15, 0.2) is 5.79 Å². The largest absolute Gasteiger partial charge is 0.348 e. The minimum atomic E-state index is -0.384. The Morgan fingerprint density at radius 2 is 1.82 bits per heavy atom. The molecule has 1 rings (SSSR count). The van der Waals surface area contributed by atoms with E-state index < -0.39 is 0 Å². The van der Waals surface area contributed by atoms with E-state index in [4.69, 9.17) is 9.47 Å². The van der Waals surface area contributed by atoms with Crippen molar-refractivity contribution < 1.29 is 9.47 Å². The van der Waals surface area contributed by atoms with Crippen LogP contribution in [0.15, 0.2) is 0 Å². The fourth-order valence-corrected chi connectivity index (χ4v) is 1.53. The maximum absolute atomic E-state index is 5.45. The number of hydrogen-bond acceptors (Lipinski definition) is 2. The van der Waals surface area contributed by atoms with Crippen molar-refractivity contribution in [3.63, 3.8) is 0 Å². The lowest BCUT2D eigenvalue weighted by Crippen LogP contribution is -2.31. The monoisotopic (exact) mass is 157 g/mol. The fraction of sp³-hybridized carbons (Fsp3) is 0.889. The smallest absolute Gasteiger partial charge is 0.166 e. The Morgan fingerprint density at radius 3 is 2.18 bits per heavy atom. The maximum atomic E-state index is 5.45. The predicted molar refractivity (Wildman–Crippen MR) is 44.1 cm³/mol. The third-order valence-corrected chi connectivity index (χ3v) is 1.70. The van der Waals surface area contributed by atoms with Crippen LogP contribution in [0.2, 0.25) is 0 Å². The summed E-state index contributed by atoms with van der Waals surface area (Å²) >= 11 is 0. The minimum absolute atomic E-state index is 0.0269. The lowest BCUT2D eigenvalue weighted by Gasteiger charge is -2.30. The van der Waals surface area contributed by atoms with Crippen molar-refractivity contribution in [3.05, 3.63) is 6.92 Å². The summed E-state index contributed by atoms with van der Waals surface area (Å²) in [6.07, 6.45) is 0.847. The SMILES string of the molecule is [CH2]C(C)(C)CC1(C)OCCO1. The summed E-state index contributed by atoms with van der Waals surface area (Å²) in [6.45, 7) is 11.6. The van der Waals surface area contributed by atoms with Gasteiger partial charge in [-0.3, -0.25) is 0 Å². The summed E-state index contributed by atoms with van der Waals surface area (Å²) in [5, 5.41) is 0. The second kappa shape index (κ2) is 2.76. The Balaban J connectivity index is 2.46. The van der Waals surface area contributed by atoms with Gasteiger partial charge in [-0.2, -0.15) is 0 Å². The molecule has 0 aromatic carbocycles. The van der Waals surface area contributed by atoms with Gasteiger partial charge in [0.05, 0.1) is 13.2 Å². The van der Waals surface area contributed by atoms with E-state index in [1.54, 1.807) is 0 Å². The first-order valence-electron chi connectivity index (χ1n) is 4.05. The summed E-state index contributed by atoms with van der Waals surface area (Å²) in [5.41, 5.74) is 0.0269. The molecule has 2 nitrogen and oxygen atoms in total. The summed E-state index contributed by atoms with van der Waals surface area (Å²) in [5.74, 6) is -0.384. The molecular formula is C9H17O2. The summed E-state index contributed by atoms with van der Waals surface area (Å²) in [6, 6.07) is 0. The Labute approximate surface area is 68.9 Å². The predicted octanol–water partition coefficient (Wildman–Crippen LogP) is 2.00. The first-order chi connectivity index (χ1) is 4.91. The molecule has 1 radical (unpaired) electrons. The van der Waals surface area contributed by atoms with E-state index >= 15 is 0 Å². The van der Waals surface area contributed by atoms with Gasteiger partial charge in [-0.1, -0.05) is 13.8 Å². The van der Waals surface area contributed by atoms with Crippen LogP contribution in [0.3, 0.4) is 0 Å². The van der Waals surface area contributed by atoms with Crippen molar-refractivity contribution >= 4 is 0 Å². The van der Waals surface area contributed by atoms with Crippen LogP contribution in [0, 0.1) is 12.3 Å². The third kappa shape index (κ3) is 2.80. The number of ether oxygens (including phenoxy) is 2. The first kappa shape index (κ1) is 9.01. The van der Waals surface area contributed by atoms with Crippen LogP contribution in [0.25, 0.3) is 0 Å². The molecule has 1 fully saturated rings. The Hall–Kier alpha value is -0.0800. The van der Waals surface area contributed by atoms with Crippen molar-refractivity contribution in [1.29, 1.82) is 0 Å². The molecule has 0 aromatic rings. The second-order valence-corrected chi connectivity index (χ2v) is 4.17. The zero-order chi connectivity index (χ0) is 8.54. The zero-order valence-electron chi connectivity index (χ0n) is 7.64. The van der Waals surface area contributed by atoms with Crippen LogP contribution in [-0.2, 0) is 9.47 Å². The van der Waals surface area contributed by atoms with Crippen LogP contribution >= 0.6 is 0 Å². The van der Waals surface area contributed by atoms with Gasteiger partial charge in [-0.15, -0.1) is 0 Å². The molecule has 0 unspecified atom stereocenters. The molecule has 0 aliphatic carbocycles. The van der Waals surface area contributed by atoms with Gasteiger partial charge in [0.2, 0.25) is 0 Å². The minimum Gasteiger partial charge on any atom is -0.348 e. The molecule has 0 saturated carbocycles. The average molecular weight is 157 g/mol. The van der Waals surface area contributed by atoms with Gasteiger partial charge in [-0.05, 0) is 19.3 Å². The number of hydrogen-bond donors (Lipinski definition) is 0. The Morgan fingerprint density at radius 1 is 1.36 bits per heavy atom. The highest BCUT2D eigenvalue weighted by molar-refractivity contribution is 4.80. The molecule has 1 heterocycles. The molecule has 11 heavy (non-hydrogen) atoms. The second-order valence-electron chi connectivity index (χ2n) is 4.17. The average Bonchev–Trinajstić information content (AvgIpc) is 2.09. The summed E-state index contributed by atoms with van der Waals surface area (Å²) in [7, 11) is 0. The van der Waals surface area contributed by atoms with Crippen LogP contribution in [0.5, 0.6) is 0 Å². The van der Waals surface area contributed by atoms with Crippen molar-refractivity contribution in [1.82, 2.24) is 0 Å². The van der Waals surface area contributed by atoms with Crippen LogP contribution < -0.4 is 0 Å². The molecule has 65 valence electrons. The standard InChI is InChI=1S/C9H17O2/c1-8(2,3)7-9(4)10-5-6-11-9/h1,5-7H2,2-4H3. The lowest BCUT2D eigenvalue weighted by atomic mass is 9.88. The van der Waals surface area contributed by atoms with Gasteiger partial charge < -0.3 is 9.47 Å². The van der Waals surface area contributed by atoms with Crippen LogP contribution in [-0.4, -0.2) is 19.0 Å². The normalized spacial score (nSPS) is 24.0. The molecule has 1 saturated heterocycles. The van der Waals surface area contributed by atoms with E-state index in [1.165, 1.54) is 0 Å². The molecule has 1 aliphatic heterocycles. The maximum Gasteiger partial charge on any atom is 0.166 e. The molecule has 0 atom stereocenters. The van der Waals surface area contributed by atoms with E-state index in [9.17, 15) is 0 Å². The highest BCUT2D eigenvalue weighted by Crippen LogP contribution is 2.32. The lowest BCUT2D eigenvalue weighted by molar-refractivity contribution is -0.159. The molecular weight excluding hydrogens is 140 g/mol. The molecule has 0 aromatic heterocycles. The van der Waals surface area contributed by atoms with Gasteiger partial charge >= 0.3 is 0 Å². The molecule has 1 aliphatic rings. The Kier molecular flexibility index (Phi) is 2.26. The van der Waals surface area contributed by atoms with Crippen molar-refractivity contribution in [2.24, 2.45) is 5.41 Å². The quantitative estimate of drug-likeness (QED) is 0.610. The third-order valence-electron chi connectivity index (χ3n) is 1.70. The molecule has 0 amide bonds. The summed E-state index contributed by atoms with van der Waals surface area (Å²) in [4.78, 5) is 0. The van der Waals surface area contributed by atoms with E-state index in [0.29, 0.717) is 13.2 Å². The van der Waals surface area contributed by atoms with Crippen molar-refractivity contribution in [2.75, 3.05) is 13.2 Å². The molecule has 2 heteroatoms. The van der Waals surface area contributed by atoms with E-state index in [1.807, 2.05) is 6.92 Å². The van der Waals surface area contributed by atoms with Crippen LogP contribution in [0.1, 0.15) is 27.2 Å². The summed E-state index contributed by atoms with van der Waals surface area (Å²) < 4.78 is 10.9. The highest BCUT2D eigenvalue weighted by Gasteiger charge is 2.35. The van der Waals surface area contributed by atoms with E-state index in [-0.39, 0.29) is 11.2 Å². The van der Waals surface area contributed by atoms with Crippen molar-refractivity contribution in [3.8, 4) is 0 Å². The van der Waals surface area contributed by atoms with Gasteiger partial charge in [0, 0.05) is 6.42 Å². The van der Waals surface area contributed by atoms with Gasteiger partial charge in [0.25, 0.3) is 0 Å². The topological polar surface area (TPSA) is 18.5 Å². The van der Waals surface area contributed by atoms with Crippen molar-refractivity contribution in [2.45, 2.75) is 33.0 Å². The molecule has 0 bridgehead atoms. The van der Waals surface area contributed by atoms with E-state index in [0.717, 1.165) is 6.42 Å². The van der Waals surface area contributed by atoms with Gasteiger partial charge in [0.1, 0.15) is 0 Å². The van der Waals surface area contributed by atoms with E-state index in [2.05, 4.69) is 20.8 Å². The fourth-order valence-electron chi connectivity index (χ4n) is 1.53. The highest BCUT2D eigenvalue weighted by atomic mass is 16.7. The van der Waals surface area contributed by atoms with Gasteiger partial charge in [-0.25, -0.2) is 0 Å². The van der Waals surface area contributed by atoms with Crippen LogP contribution in [0.4, 0.5) is 0 Å². The Bertz CT molecular complexity index is 129. The first-order valence-corrected chi connectivity index (χ1v) is 4.05.